The van der Waals surface area contributed by atoms with Crippen LogP contribution in [0, 0.1) is 0 Å². The lowest BCUT2D eigenvalue weighted by atomic mass is 10.1. The third-order valence-electron chi connectivity index (χ3n) is 2.66. The Bertz CT molecular complexity index is 446. The van der Waals surface area contributed by atoms with Gasteiger partial charge in [-0.05, 0) is 18.6 Å². The molecule has 0 unspecified atom stereocenters. The van der Waals surface area contributed by atoms with Crippen LogP contribution in [-0.2, 0) is 9.53 Å². The zero-order valence-electron chi connectivity index (χ0n) is 11.6. The Balaban J connectivity index is 2.83. The average Bonchev–Trinajstić information content (AvgIpc) is 2.44. The number of carbonyl (C=O) groups excluding carboxylic acids is 2. The first-order valence-electron chi connectivity index (χ1n) is 6.25. The predicted molar refractivity (Wildman–Crippen MR) is 74.2 cm³/mol. The summed E-state index contributed by atoms with van der Waals surface area (Å²) in [4.78, 5) is 24.8. The fourth-order valence-corrected chi connectivity index (χ4v) is 1.62. The number of ether oxygens (including phenoxy) is 1. The van der Waals surface area contributed by atoms with Crippen molar-refractivity contribution in [3.8, 4) is 0 Å². The van der Waals surface area contributed by atoms with Gasteiger partial charge in [0.1, 0.15) is 6.54 Å². The molecule has 1 aromatic rings. The molecule has 0 fully saturated rings. The number of esters is 1. The number of methoxy groups -OCH3 is 1. The number of benzene rings is 1. The van der Waals surface area contributed by atoms with Crippen molar-refractivity contribution < 1.29 is 14.3 Å². The molecule has 0 atom stereocenters. The molecule has 0 aliphatic rings. The molecule has 104 valence electrons. The summed E-state index contributed by atoms with van der Waals surface area (Å²) < 4.78 is 4.55. The van der Waals surface area contributed by atoms with Crippen LogP contribution in [0.4, 0.5) is 5.69 Å². The molecule has 0 heterocycles. The highest BCUT2D eigenvalue weighted by Crippen LogP contribution is 2.16. The van der Waals surface area contributed by atoms with Gasteiger partial charge in [-0.1, -0.05) is 19.1 Å². The predicted octanol–water partition coefficient (Wildman–Crippen LogP) is 1.75. The molecule has 0 bridgehead atoms. The van der Waals surface area contributed by atoms with E-state index in [0.717, 1.165) is 18.7 Å². The first-order valence-corrected chi connectivity index (χ1v) is 6.25. The Morgan fingerprint density at radius 2 is 2.00 bits per heavy atom. The van der Waals surface area contributed by atoms with Gasteiger partial charge in [0.15, 0.2) is 0 Å². The van der Waals surface area contributed by atoms with Crippen LogP contribution in [0.5, 0.6) is 0 Å². The summed E-state index contributed by atoms with van der Waals surface area (Å²) >= 11 is 0. The zero-order chi connectivity index (χ0) is 14.3. The molecule has 5 heteroatoms. The van der Waals surface area contributed by atoms with Crippen molar-refractivity contribution >= 4 is 17.6 Å². The lowest BCUT2D eigenvalue weighted by molar-refractivity contribution is -0.141. The van der Waals surface area contributed by atoms with E-state index in [1.807, 2.05) is 12.1 Å². The lowest BCUT2D eigenvalue weighted by Crippen LogP contribution is -2.33. The summed E-state index contributed by atoms with van der Waals surface area (Å²) in [5, 5.41) is 3.20. The fourth-order valence-electron chi connectivity index (χ4n) is 1.62. The minimum atomic E-state index is -0.435. The van der Waals surface area contributed by atoms with Gasteiger partial charge in [-0.3, -0.25) is 9.59 Å². The van der Waals surface area contributed by atoms with Crippen LogP contribution in [0.3, 0.4) is 0 Å². The molecule has 1 aromatic carbocycles. The van der Waals surface area contributed by atoms with E-state index in [0.29, 0.717) is 5.56 Å². The van der Waals surface area contributed by atoms with Gasteiger partial charge in [-0.2, -0.15) is 0 Å². The summed E-state index contributed by atoms with van der Waals surface area (Å²) in [6.07, 6.45) is 0.973. The smallest absolute Gasteiger partial charge is 0.325 e. The van der Waals surface area contributed by atoms with Crippen LogP contribution < -0.4 is 5.32 Å². The molecule has 0 saturated carbocycles. The van der Waals surface area contributed by atoms with Gasteiger partial charge in [0, 0.05) is 19.3 Å². The lowest BCUT2D eigenvalue weighted by Gasteiger charge is -2.18. The first-order chi connectivity index (χ1) is 9.10. The number of para-hydroxylation sites is 1. The molecule has 0 aliphatic carbocycles. The third-order valence-corrected chi connectivity index (χ3v) is 2.66. The van der Waals surface area contributed by atoms with E-state index >= 15 is 0 Å². The topological polar surface area (TPSA) is 58.6 Å². The minimum absolute atomic E-state index is 0.0581. The molecule has 1 N–H and O–H groups in total. The highest BCUT2D eigenvalue weighted by Gasteiger charge is 2.17. The Morgan fingerprint density at radius 1 is 1.32 bits per heavy atom. The van der Waals surface area contributed by atoms with E-state index in [2.05, 4.69) is 17.0 Å². The molecule has 19 heavy (non-hydrogen) atoms. The third kappa shape index (κ3) is 4.28. The number of amides is 1. The second-order valence-corrected chi connectivity index (χ2v) is 4.21. The molecule has 1 amide bonds. The summed E-state index contributed by atoms with van der Waals surface area (Å²) in [6.45, 7) is 2.79. The van der Waals surface area contributed by atoms with Crippen molar-refractivity contribution in [3.63, 3.8) is 0 Å². The van der Waals surface area contributed by atoms with E-state index in [-0.39, 0.29) is 12.5 Å². The standard InChI is InChI=1S/C14H20N2O3/c1-4-9-15-12-8-6-5-7-11(12)14(18)16(2)10-13(17)19-3/h5-8,15H,4,9-10H2,1-3H3. The molecule has 0 spiro atoms. The van der Waals surface area contributed by atoms with Crippen LogP contribution >= 0.6 is 0 Å². The van der Waals surface area contributed by atoms with Crippen LogP contribution in [0.25, 0.3) is 0 Å². The van der Waals surface area contributed by atoms with E-state index in [1.165, 1.54) is 12.0 Å². The van der Waals surface area contributed by atoms with E-state index in [4.69, 9.17) is 0 Å². The van der Waals surface area contributed by atoms with Gasteiger partial charge in [-0.25, -0.2) is 0 Å². The molecule has 1 rings (SSSR count). The van der Waals surface area contributed by atoms with Crippen LogP contribution in [0.2, 0.25) is 0 Å². The Morgan fingerprint density at radius 3 is 2.63 bits per heavy atom. The maximum absolute atomic E-state index is 12.3. The molecule has 0 aromatic heterocycles. The summed E-state index contributed by atoms with van der Waals surface area (Å²) in [7, 11) is 2.88. The van der Waals surface area contributed by atoms with E-state index in [1.54, 1.807) is 19.2 Å². The van der Waals surface area contributed by atoms with Crippen molar-refractivity contribution in [2.75, 3.05) is 32.6 Å². The van der Waals surface area contributed by atoms with Gasteiger partial charge < -0.3 is 15.0 Å². The van der Waals surface area contributed by atoms with Gasteiger partial charge in [0.05, 0.1) is 12.7 Å². The van der Waals surface area contributed by atoms with Crippen LogP contribution in [0.1, 0.15) is 23.7 Å². The van der Waals surface area contributed by atoms with Gasteiger partial charge in [0.25, 0.3) is 5.91 Å². The maximum Gasteiger partial charge on any atom is 0.325 e. The van der Waals surface area contributed by atoms with Crippen molar-refractivity contribution in [1.29, 1.82) is 0 Å². The van der Waals surface area contributed by atoms with E-state index in [9.17, 15) is 9.59 Å². The largest absolute Gasteiger partial charge is 0.468 e. The highest BCUT2D eigenvalue weighted by molar-refractivity contribution is 6.00. The molecular weight excluding hydrogens is 244 g/mol. The van der Waals surface area contributed by atoms with Gasteiger partial charge >= 0.3 is 5.97 Å². The van der Waals surface area contributed by atoms with Gasteiger partial charge in [0.2, 0.25) is 0 Å². The molecule has 0 aliphatic heterocycles. The normalized spacial score (nSPS) is 9.84. The number of hydrogen-bond acceptors (Lipinski definition) is 4. The zero-order valence-corrected chi connectivity index (χ0v) is 11.6. The number of likely N-dealkylation sites (N-methyl/N-ethyl adjacent to an activating group) is 1. The van der Waals surface area contributed by atoms with Crippen LogP contribution in [-0.4, -0.2) is 44.0 Å². The Hall–Kier alpha value is -2.04. The van der Waals surface area contributed by atoms with E-state index < -0.39 is 5.97 Å². The number of carbonyl (C=O) groups is 2. The molecular formula is C14H20N2O3. The summed E-state index contributed by atoms with van der Waals surface area (Å²) in [5.74, 6) is -0.639. The molecule has 5 nitrogen and oxygen atoms in total. The second kappa shape index (κ2) is 7.41. The van der Waals surface area contributed by atoms with Crippen molar-refractivity contribution in [3.05, 3.63) is 29.8 Å². The molecule has 0 radical (unpaired) electrons. The minimum Gasteiger partial charge on any atom is -0.468 e. The average molecular weight is 264 g/mol. The molecule has 0 saturated heterocycles. The number of anilines is 1. The SMILES string of the molecule is CCCNc1ccccc1C(=O)N(C)CC(=O)OC. The number of nitrogens with zero attached hydrogens (tertiary/aromatic N) is 1. The van der Waals surface area contributed by atoms with Crippen molar-refractivity contribution in [2.24, 2.45) is 0 Å². The fraction of sp³-hybridized carbons (Fsp3) is 0.429. The van der Waals surface area contributed by atoms with Crippen molar-refractivity contribution in [1.82, 2.24) is 4.90 Å². The van der Waals surface area contributed by atoms with Crippen molar-refractivity contribution in [2.45, 2.75) is 13.3 Å². The highest BCUT2D eigenvalue weighted by atomic mass is 16.5. The monoisotopic (exact) mass is 264 g/mol. The summed E-state index contributed by atoms with van der Waals surface area (Å²) in [5.41, 5.74) is 1.34. The van der Waals surface area contributed by atoms with Gasteiger partial charge in [-0.15, -0.1) is 0 Å². The van der Waals surface area contributed by atoms with Crippen LogP contribution in [0.15, 0.2) is 24.3 Å². The Kier molecular flexibility index (Phi) is 5.85. The number of hydrogen-bond donors (Lipinski definition) is 1. The number of nitrogens with one attached hydrogen (secondary N) is 1. The summed E-state index contributed by atoms with van der Waals surface area (Å²) in [6, 6.07) is 7.27. The second-order valence-electron chi connectivity index (χ2n) is 4.21. The quantitative estimate of drug-likeness (QED) is 0.795. The first kappa shape index (κ1) is 15.0. The Labute approximate surface area is 113 Å². The maximum atomic E-state index is 12.3. The number of rotatable bonds is 6.